The Kier molecular flexibility index (Phi) is 4.15. The van der Waals surface area contributed by atoms with Gasteiger partial charge in [-0.25, -0.2) is 0 Å². The van der Waals surface area contributed by atoms with E-state index in [1.807, 2.05) is 25.1 Å². The molecule has 1 aromatic rings. The van der Waals surface area contributed by atoms with Crippen molar-refractivity contribution in [2.45, 2.75) is 19.4 Å². The first-order chi connectivity index (χ1) is 7.57. The molecule has 0 saturated heterocycles. The molecule has 0 bridgehead atoms. The normalized spacial score (nSPS) is 13.6. The van der Waals surface area contributed by atoms with Crippen molar-refractivity contribution in [2.24, 2.45) is 5.73 Å². The summed E-state index contributed by atoms with van der Waals surface area (Å²) in [6.45, 7) is 4.35. The van der Waals surface area contributed by atoms with Crippen LogP contribution in [-0.4, -0.2) is 18.8 Å². The molecule has 2 N–H and O–H groups in total. The van der Waals surface area contributed by atoms with Crippen LogP contribution in [0.2, 0.25) is 0 Å². The van der Waals surface area contributed by atoms with Gasteiger partial charge >= 0.3 is 0 Å². The Labute approximate surface area is 95.6 Å². The third-order valence-electron chi connectivity index (χ3n) is 1.93. The maximum Gasteiger partial charge on any atom is 0.135 e. The largest absolute Gasteiger partial charge is 0.494 e. The van der Waals surface area contributed by atoms with Gasteiger partial charge in [-0.1, -0.05) is 0 Å². The molecule has 0 aliphatic carbocycles. The molecule has 16 heavy (non-hydrogen) atoms. The predicted molar refractivity (Wildman–Crippen MR) is 61.3 cm³/mol. The van der Waals surface area contributed by atoms with Crippen molar-refractivity contribution in [2.75, 3.05) is 13.2 Å². The Balaban J connectivity index is 2.53. The second kappa shape index (κ2) is 5.38. The highest BCUT2D eigenvalue weighted by atomic mass is 16.5. The lowest BCUT2D eigenvalue weighted by molar-refractivity contribution is 0.264. The van der Waals surface area contributed by atoms with Crippen LogP contribution in [0.1, 0.15) is 13.8 Å². The van der Waals surface area contributed by atoms with Crippen LogP contribution in [0.4, 0.5) is 0 Å². The van der Waals surface area contributed by atoms with Gasteiger partial charge in [0.1, 0.15) is 23.6 Å². The molecule has 1 unspecified atom stereocenters. The Bertz CT molecular complexity index is 366. The Morgan fingerprint density at radius 1 is 1.25 bits per heavy atom. The number of nitrogens with zero attached hydrogens (tertiary/aromatic N) is 1. The zero-order valence-electron chi connectivity index (χ0n) is 9.56. The Hall–Kier alpha value is -1.73. The van der Waals surface area contributed by atoms with Gasteiger partial charge in [-0.15, -0.1) is 0 Å². The molecule has 0 heterocycles. The van der Waals surface area contributed by atoms with Gasteiger partial charge < -0.3 is 15.2 Å². The van der Waals surface area contributed by atoms with Gasteiger partial charge in [-0.3, -0.25) is 0 Å². The molecule has 4 heteroatoms. The number of ether oxygens (including phenoxy) is 2. The molecule has 0 fully saturated rings. The van der Waals surface area contributed by atoms with E-state index in [1.54, 1.807) is 19.1 Å². The molecule has 1 rings (SSSR count). The van der Waals surface area contributed by atoms with Crippen LogP contribution in [0.3, 0.4) is 0 Å². The van der Waals surface area contributed by atoms with Crippen LogP contribution in [0, 0.1) is 11.3 Å². The Morgan fingerprint density at radius 3 is 2.19 bits per heavy atom. The minimum Gasteiger partial charge on any atom is -0.494 e. The van der Waals surface area contributed by atoms with E-state index in [0.717, 1.165) is 5.75 Å². The average molecular weight is 220 g/mol. The summed E-state index contributed by atoms with van der Waals surface area (Å²) in [4.78, 5) is 0. The first-order valence-corrected chi connectivity index (χ1v) is 5.13. The third-order valence-corrected chi connectivity index (χ3v) is 1.93. The van der Waals surface area contributed by atoms with E-state index < -0.39 is 5.54 Å². The third kappa shape index (κ3) is 3.79. The van der Waals surface area contributed by atoms with E-state index >= 15 is 0 Å². The highest BCUT2D eigenvalue weighted by Crippen LogP contribution is 2.18. The lowest BCUT2D eigenvalue weighted by atomic mass is 10.1. The quantitative estimate of drug-likeness (QED) is 0.820. The van der Waals surface area contributed by atoms with Crippen molar-refractivity contribution in [3.8, 4) is 17.6 Å². The van der Waals surface area contributed by atoms with Crippen LogP contribution >= 0.6 is 0 Å². The molecule has 0 amide bonds. The van der Waals surface area contributed by atoms with E-state index in [4.69, 9.17) is 20.5 Å². The van der Waals surface area contributed by atoms with Gasteiger partial charge in [-0.2, -0.15) is 5.26 Å². The molecule has 86 valence electrons. The first-order valence-electron chi connectivity index (χ1n) is 5.13. The summed E-state index contributed by atoms with van der Waals surface area (Å²) in [6, 6.07) is 9.19. The molecule has 0 aliphatic heterocycles. The van der Waals surface area contributed by atoms with Gasteiger partial charge in [0.2, 0.25) is 0 Å². The van der Waals surface area contributed by atoms with Crippen molar-refractivity contribution in [3.63, 3.8) is 0 Å². The summed E-state index contributed by atoms with van der Waals surface area (Å²) in [7, 11) is 0. The van der Waals surface area contributed by atoms with Gasteiger partial charge in [0, 0.05) is 0 Å². The van der Waals surface area contributed by atoms with Crippen molar-refractivity contribution >= 4 is 0 Å². The van der Waals surface area contributed by atoms with Crippen LogP contribution < -0.4 is 15.2 Å². The summed E-state index contributed by atoms with van der Waals surface area (Å²) in [5, 5.41) is 8.71. The summed E-state index contributed by atoms with van der Waals surface area (Å²) in [5.74, 6) is 1.47. The van der Waals surface area contributed by atoms with Crippen LogP contribution in [0.5, 0.6) is 11.5 Å². The highest BCUT2D eigenvalue weighted by molar-refractivity contribution is 5.31. The van der Waals surface area contributed by atoms with Crippen LogP contribution in [0.25, 0.3) is 0 Å². The zero-order chi connectivity index (χ0) is 12.0. The number of rotatable bonds is 5. The fraction of sp³-hybridized carbons (Fsp3) is 0.417. The van der Waals surface area contributed by atoms with Gasteiger partial charge in [0.15, 0.2) is 0 Å². The molecular formula is C12H16N2O2. The van der Waals surface area contributed by atoms with Crippen molar-refractivity contribution in [1.29, 1.82) is 5.26 Å². The fourth-order valence-corrected chi connectivity index (χ4v) is 1.06. The highest BCUT2D eigenvalue weighted by Gasteiger charge is 2.17. The van der Waals surface area contributed by atoms with E-state index in [9.17, 15) is 0 Å². The van der Waals surface area contributed by atoms with E-state index in [0.29, 0.717) is 12.4 Å². The molecule has 4 nitrogen and oxygen atoms in total. The second-order valence-corrected chi connectivity index (χ2v) is 3.72. The summed E-state index contributed by atoms with van der Waals surface area (Å²) < 4.78 is 10.7. The van der Waals surface area contributed by atoms with E-state index in [-0.39, 0.29) is 6.61 Å². The van der Waals surface area contributed by atoms with Crippen molar-refractivity contribution in [1.82, 2.24) is 0 Å². The minimum atomic E-state index is -0.960. The second-order valence-electron chi connectivity index (χ2n) is 3.72. The molecule has 0 saturated carbocycles. The summed E-state index contributed by atoms with van der Waals surface area (Å²) in [5.41, 5.74) is 4.67. The topological polar surface area (TPSA) is 68.3 Å². The standard InChI is InChI=1S/C12H16N2O2/c1-3-15-10-4-6-11(7-5-10)16-9-12(2,14)8-13/h4-7H,3,9,14H2,1-2H3. The number of nitrogens with two attached hydrogens (primary N) is 1. The molecule has 1 atom stereocenters. The van der Waals surface area contributed by atoms with Gasteiger partial charge in [-0.05, 0) is 38.1 Å². The minimum absolute atomic E-state index is 0.164. The van der Waals surface area contributed by atoms with Crippen LogP contribution in [-0.2, 0) is 0 Å². The average Bonchev–Trinajstić information content (AvgIpc) is 2.29. The lowest BCUT2D eigenvalue weighted by Gasteiger charge is -2.16. The predicted octanol–water partition coefficient (Wildman–Crippen LogP) is 1.71. The van der Waals surface area contributed by atoms with Crippen LogP contribution in [0.15, 0.2) is 24.3 Å². The first kappa shape index (κ1) is 12.3. The molecule has 0 radical (unpaired) electrons. The molecule has 1 aromatic carbocycles. The number of hydrogen-bond donors (Lipinski definition) is 1. The summed E-state index contributed by atoms with van der Waals surface area (Å²) in [6.07, 6.45) is 0. The summed E-state index contributed by atoms with van der Waals surface area (Å²) >= 11 is 0. The van der Waals surface area contributed by atoms with Crippen molar-refractivity contribution < 1.29 is 9.47 Å². The van der Waals surface area contributed by atoms with E-state index in [2.05, 4.69) is 0 Å². The number of benzene rings is 1. The zero-order valence-corrected chi connectivity index (χ0v) is 9.56. The Morgan fingerprint density at radius 2 is 1.75 bits per heavy atom. The smallest absolute Gasteiger partial charge is 0.135 e. The van der Waals surface area contributed by atoms with E-state index in [1.165, 1.54) is 0 Å². The monoisotopic (exact) mass is 220 g/mol. The molecule has 0 aliphatic rings. The van der Waals surface area contributed by atoms with Gasteiger partial charge in [0.05, 0.1) is 12.7 Å². The maximum atomic E-state index is 8.71. The molecular weight excluding hydrogens is 204 g/mol. The molecule has 0 aromatic heterocycles. The SMILES string of the molecule is CCOc1ccc(OCC(C)(N)C#N)cc1. The van der Waals surface area contributed by atoms with Crippen molar-refractivity contribution in [3.05, 3.63) is 24.3 Å². The molecule has 0 spiro atoms. The number of hydrogen-bond acceptors (Lipinski definition) is 4. The number of nitriles is 1. The maximum absolute atomic E-state index is 8.71. The fourth-order valence-electron chi connectivity index (χ4n) is 1.06. The van der Waals surface area contributed by atoms with Gasteiger partial charge in [0.25, 0.3) is 0 Å². The lowest BCUT2D eigenvalue weighted by Crippen LogP contribution is -2.40.